The van der Waals surface area contributed by atoms with Crippen molar-refractivity contribution in [1.82, 2.24) is 29.9 Å². The van der Waals surface area contributed by atoms with E-state index in [-0.39, 0.29) is 18.0 Å². The number of hydrogen-bond acceptors (Lipinski definition) is 4. The Morgan fingerprint density at radius 2 is 2.07 bits per heavy atom. The molecule has 1 aromatic carbocycles. The van der Waals surface area contributed by atoms with Gasteiger partial charge in [-0.05, 0) is 58.2 Å². The van der Waals surface area contributed by atoms with Crippen LogP contribution in [-0.4, -0.2) is 42.3 Å². The number of likely N-dealkylation sites (tertiary alicyclic amines) is 1. The fourth-order valence-corrected chi connectivity index (χ4v) is 3.90. The van der Waals surface area contributed by atoms with Gasteiger partial charge in [-0.1, -0.05) is 17.7 Å². The van der Waals surface area contributed by atoms with Gasteiger partial charge in [-0.25, -0.2) is 0 Å². The van der Waals surface area contributed by atoms with Crippen LogP contribution in [0.2, 0.25) is 0 Å². The van der Waals surface area contributed by atoms with Gasteiger partial charge in [0.25, 0.3) is 5.91 Å². The molecule has 0 bridgehead atoms. The average Bonchev–Trinajstić information content (AvgIpc) is 3.42. The standard InChI is InChI=1S/C21H26N6O/c1-13(2)27-12-22-25-20(27)19-6-5-9-26(19)21(28)18-11-17(23-24-18)16-10-14(3)7-8-15(16)4/h7-8,10-13,19H,5-6,9H2,1-4H3,(H,23,24). The van der Waals surface area contributed by atoms with Crippen molar-refractivity contribution in [3.8, 4) is 11.3 Å². The van der Waals surface area contributed by atoms with Gasteiger partial charge >= 0.3 is 0 Å². The zero-order chi connectivity index (χ0) is 19.8. The summed E-state index contributed by atoms with van der Waals surface area (Å²) in [5.41, 5.74) is 4.67. The highest BCUT2D eigenvalue weighted by Gasteiger charge is 2.35. The Labute approximate surface area is 164 Å². The third kappa shape index (κ3) is 3.21. The quantitative estimate of drug-likeness (QED) is 0.748. The van der Waals surface area contributed by atoms with Gasteiger partial charge in [0.2, 0.25) is 0 Å². The van der Waals surface area contributed by atoms with Crippen molar-refractivity contribution >= 4 is 5.91 Å². The summed E-state index contributed by atoms with van der Waals surface area (Å²) in [4.78, 5) is 15.1. The highest BCUT2D eigenvalue weighted by Crippen LogP contribution is 2.33. The summed E-state index contributed by atoms with van der Waals surface area (Å²) >= 11 is 0. The van der Waals surface area contributed by atoms with E-state index in [2.05, 4.69) is 66.3 Å². The zero-order valence-corrected chi connectivity index (χ0v) is 16.8. The number of hydrogen-bond donors (Lipinski definition) is 1. The van der Waals surface area contributed by atoms with Crippen molar-refractivity contribution in [2.24, 2.45) is 0 Å². The number of carbonyl (C=O) groups excluding carboxylic acids is 1. The second-order valence-electron chi connectivity index (χ2n) is 7.83. The highest BCUT2D eigenvalue weighted by atomic mass is 16.2. The fraction of sp³-hybridized carbons (Fsp3) is 0.429. The van der Waals surface area contributed by atoms with Crippen LogP contribution in [0, 0.1) is 13.8 Å². The molecule has 1 amide bonds. The first-order valence-electron chi connectivity index (χ1n) is 9.79. The largest absolute Gasteiger partial charge is 0.327 e. The molecular weight excluding hydrogens is 352 g/mol. The molecule has 28 heavy (non-hydrogen) atoms. The first-order chi connectivity index (χ1) is 13.5. The summed E-state index contributed by atoms with van der Waals surface area (Å²) in [6.07, 6.45) is 3.60. The van der Waals surface area contributed by atoms with Crippen molar-refractivity contribution < 1.29 is 4.79 Å². The van der Waals surface area contributed by atoms with E-state index >= 15 is 0 Å². The number of amides is 1. The van der Waals surface area contributed by atoms with Crippen LogP contribution in [0.3, 0.4) is 0 Å². The molecule has 1 fully saturated rings. The molecular formula is C21H26N6O. The van der Waals surface area contributed by atoms with Gasteiger partial charge < -0.3 is 9.47 Å². The summed E-state index contributed by atoms with van der Waals surface area (Å²) < 4.78 is 2.05. The predicted octanol–water partition coefficient (Wildman–Crippen LogP) is 3.84. The molecule has 0 spiro atoms. The van der Waals surface area contributed by atoms with Crippen molar-refractivity contribution in [2.45, 2.75) is 52.6 Å². The zero-order valence-electron chi connectivity index (χ0n) is 16.8. The van der Waals surface area contributed by atoms with E-state index in [1.165, 1.54) is 5.56 Å². The number of H-pyrrole nitrogens is 1. The lowest BCUT2D eigenvalue weighted by atomic mass is 10.0. The van der Waals surface area contributed by atoms with E-state index in [1.54, 1.807) is 6.33 Å². The van der Waals surface area contributed by atoms with Gasteiger partial charge in [-0.3, -0.25) is 9.89 Å². The molecule has 0 aliphatic carbocycles. The van der Waals surface area contributed by atoms with Gasteiger partial charge in [0.05, 0.1) is 11.7 Å². The lowest BCUT2D eigenvalue weighted by Crippen LogP contribution is -2.32. The van der Waals surface area contributed by atoms with E-state index in [0.717, 1.165) is 35.5 Å². The molecule has 1 unspecified atom stereocenters. The SMILES string of the molecule is Cc1ccc(C)c(-c2cc(C(=O)N3CCCC3c3nncn3C(C)C)[nH]n2)c1. The second-order valence-corrected chi connectivity index (χ2v) is 7.83. The molecule has 0 radical (unpaired) electrons. The maximum atomic E-state index is 13.2. The van der Waals surface area contributed by atoms with Crippen molar-refractivity contribution in [3.05, 3.63) is 53.2 Å². The van der Waals surface area contributed by atoms with Crippen molar-refractivity contribution in [2.75, 3.05) is 6.54 Å². The molecule has 2 aromatic heterocycles. The van der Waals surface area contributed by atoms with Gasteiger partial charge in [0.1, 0.15) is 12.0 Å². The van der Waals surface area contributed by atoms with Crippen molar-refractivity contribution in [1.29, 1.82) is 0 Å². The Balaban J connectivity index is 1.62. The van der Waals surface area contributed by atoms with E-state index in [9.17, 15) is 4.79 Å². The maximum Gasteiger partial charge on any atom is 0.272 e. The molecule has 1 saturated heterocycles. The van der Waals surface area contributed by atoms with Gasteiger partial charge in [-0.15, -0.1) is 10.2 Å². The third-order valence-electron chi connectivity index (χ3n) is 5.45. The lowest BCUT2D eigenvalue weighted by molar-refractivity contribution is 0.0720. The Kier molecular flexibility index (Phi) is 4.75. The molecule has 3 aromatic rings. The first-order valence-corrected chi connectivity index (χ1v) is 9.79. The van der Waals surface area contributed by atoms with Gasteiger partial charge in [0, 0.05) is 18.2 Å². The molecule has 1 aliphatic heterocycles. The van der Waals surface area contributed by atoms with Crippen LogP contribution >= 0.6 is 0 Å². The number of carbonyl (C=O) groups is 1. The van der Waals surface area contributed by atoms with Crippen LogP contribution < -0.4 is 0 Å². The molecule has 7 heteroatoms. The fourth-order valence-electron chi connectivity index (χ4n) is 3.90. The normalized spacial score (nSPS) is 16.9. The Morgan fingerprint density at radius 3 is 2.86 bits per heavy atom. The number of aromatic nitrogens is 5. The van der Waals surface area contributed by atoms with E-state index < -0.39 is 0 Å². The van der Waals surface area contributed by atoms with Crippen LogP contribution in [0.4, 0.5) is 0 Å². The van der Waals surface area contributed by atoms with Gasteiger partial charge in [-0.2, -0.15) is 5.10 Å². The highest BCUT2D eigenvalue weighted by molar-refractivity contribution is 5.94. The summed E-state index contributed by atoms with van der Waals surface area (Å²) in [5.74, 6) is 0.819. The molecule has 1 atom stereocenters. The Hall–Kier alpha value is -2.96. The van der Waals surface area contributed by atoms with Crippen LogP contribution in [0.15, 0.2) is 30.6 Å². The number of rotatable bonds is 4. The molecule has 3 heterocycles. The number of nitrogens with zero attached hydrogens (tertiary/aromatic N) is 5. The van der Waals surface area contributed by atoms with E-state index in [1.807, 2.05) is 15.5 Å². The molecule has 0 saturated carbocycles. The molecule has 1 N–H and O–H groups in total. The second kappa shape index (κ2) is 7.22. The average molecular weight is 378 g/mol. The van der Waals surface area contributed by atoms with Crippen molar-refractivity contribution in [3.63, 3.8) is 0 Å². The van der Waals surface area contributed by atoms with Crippen LogP contribution in [0.25, 0.3) is 11.3 Å². The molecule has 7 nitrogen and oxygen atoms in total. The number of aromatic amines is 1. The molecule has 1 aliphatic rings. The number of aryl methyl sites for hydroxylation is 2. The minimum atomic E-state index is -0.0511. The first kappa shape index (κ1) is 18.4. The summed E-state index contributed by atoms with van der Waals surface area (Å²) in [6, 6.07) is 8.32. The van der Waals surface area contributed by atoms with Crippen LogP contribution in [0.5, 0.6) is 0 Å². The topological polar surface area (TPSA) is 79.7 Å². The van der Waals surface area contributed by atoms with E-state index in [4.69, 9.17) is 0 Å². The number of benzene rings is 1. The van der Waals surface area contributed by atoms with Crippen LogP contribution in [0.1, 0.15) is 66.2 Å². The predicted molar refractivity (Wildman–Crippen MR) is 107 cm³/mol. The Morgan fingerprint density at radius 1 is 1.25 bits per heavy atom. The molecule has 4 rings (SSSR count). The minimum absolute atomic E-state index is 0.0372. The minimum Gasteiger partial charge on any atom is -0.327 e. The smallest absolute Gasteiger partial charge is 0.272 e. The summed E-state index contributed by atoms with van der Waals surface area (Å²) in [6.45, 7) is 9.02. The van der Waals surface area contributed by atoms with Gasteiger partial charge in [0.15, 0.2) is 5.82 Å². The van der Waals surface area contributed by atoms with E-state index in [0.29, 0.717) is 12.2 Å². The third-order valence-corrected chi connectivity index (χ3v) is 5.45. The lowest BCUT2D eigenvalue weighted by Gasteiger charge is -2.24. The Bertz CT molecular complexity index is 1000. The summed E-state index contributed by atoms with van der Waals surface area (Å²) in [7, 11) is 0. The monoisotopic (exact) mass is 378 g/mol. The molecule has 146 valence electrons. The number of nitrogens with one attached hydrogen (secondary N) is 1. The maximum absolute atomic E-state index is 13.2. The summed E-state index contributed by atoms with van der Waals surface area (Å²) in [5, 5.41) is 15.7. The van der Waals surface area contributed by atoms with Crippen LogP contribution in [-0.2, 0) is 0 Å².